The molecule has 0 radical (unpaired) electrons. The summed E-state index contributed by atoms with van der Waals surface area (Å²) in [5.41, 5.74) is 2.94. The predicted octanol–water partition coefficient (Wildman–Crippen LogP) is 2.20. The molecule has 1 heterocycles. The van der Waals surface area contributed by atoms with E-state index >= 15 is 0 Å². The van der Waals surface area contributed by atoms with Gasteiger partial charge in [0.15, 0.2) is 5.69 Å². The number of carboxylic acid groups (broad SMARTS) is 1. The molecule has 0 aliphatic rings. The van der Waals surface area contributed by atoms with E-state index in [2.05, 4.69) is 5.10 Å². The molecule has 2 aromatic rings. The van der Waals surface area contributed by atoms with Crippen molar-refractivity contribution in [3.05, 3.63) is 41.6 Å². The van der Waals surface area contributed by atoms with E-state index < -0.39 is 5.97 Å². The molecule has 1 N–H and O–H groups in total. The maximum Gasteiger partial charge on any atom is 0.356 e. The molecule has 0 aliphatic carbocycles. The Morgan fingerprint density at radius 1 is 1.37 bits per heavy atom. The molecule has 19 heavy (non-hydrogen) atoms. The number of aryl methyl sites for hydroxylation is 1. The summed E-state index contributed by atoms with van der Waals surface area (Å²) in [6, 6.07) is 9.48. The standard InChI is InChI=1S/C14H16N2O3/c1-10-3-5-11(6-4-10)13-9-12(14(17)18)15-16(13)7-8-19-2/h3-6,9H,7-8H2,1-2H3,(H,17,18). The molecule has 0 aliphatic heterocycles. The molecule has 1 aromatic carbocycles. The van der Waals surface area contributed by atoms with Crippen LogP contribution in [0.25, 0.3) is 11.3 Å². The summed E-state index contributed by atoms with van der Waals surface area (Å²) in [6.07, 6.45) is 0. The van der Waals surface area contributed by atoms with Crippen LogP contribution in [0.4, 0.5) is 0 Å². The lowest BCUT2D eigenvalue weighted by Crippen LogP contribution is -2.08. The zero-order valence-electron chi connectivity index (χ0n) is 11.0. The highest BCUT2D eigenvalue weighted by atomic mass is 16.5. The van der Waals surface area contributed by atoms with Gasteiger partial charge in [0.05, 0.1) is 18.8 Å². The number of methoxy groups -OCH3 is 1. The number of nitrogens with zero attached hydrogens (tertiary/aromatic N) is 2. The van der Waals surface area contributed by atoms with Crippen LogP contribution in [0.3, 0.4) is 0 Å². The lowest BCUT2D eigenvalue weighted by atomic mass is 10.1. The van der Waals surface area contributed by atoms with Gasteiger partial charge in [-0.15, -0.1) is 0 Å². The van der Waals surface area contributed by atoms with E-state index in [-0.39, 0.29) is 5.69 Å². The molecule has 100 valence electrons. The molecule has 5 heteroatoms. The zero-order valence-corrected chi connectivity index (χ0v) is 11.0. The van der Waals surface area contributed by atoms with Crippen LogP contribution >= 0.6 is 0 Å². The van der Waals surface area contributed by atoms with Crippen molar-refractivity contribution in [3.8, 4) is 11.3 Å². The van der Waals surface area contributed by atoms with Gasteiger partial charge in [-0.2, -0.15) is 5.10 Å². The van der Waals surface area contributed by atoms with Gasteiger partial charge in [-0.1, -0.05) is 29.8 Å². The summed E-state index contributed by atoms with van der Waals surface area (Å²) in [6.45, 7) is 3.02. The first-order valence-corrected chi connectivity index (χ1v) is 5.99. The Hall–Kier alpha value is -2.14. The Balaban J connectivity index is 2.41. The summed E-state index contributed by atoms with van der Waals surface area (Å²) in [5.74, 6) is -1.02. The van der Waals surface area contributed by atoms with E-state index in [0.717, 1.165) is 16.8 Å². The van der Waals surface area contributed by atoms with Crippen LogP contribution in [0, 0.1) is 6.92 Å². The number of hydrogen-bond donors (Lipinski definition) is 1. The molecule has 0 saturated heterocycles. The molecular weight excluding hydrogens is 244 g/mol. The number of carbonyl (C=O) groups is 1. The van der Waals surface area contributed by atoms with Gasteiger partial charge < -0.3 is 9.84 Å². The third-order valence-corrected chi connectivity index (χ3v) is 2.85. The summed E-state index contributed by atoms with van der Waals surface area (Å²) in [5, 5.41) is 13.1. The van der Waals surface area contributed by atoms with Gasteiger partial charge in [-0.3, -0.25) is 4.68 Å². The van der Waals surface area contributed by atoms with Crippen molar-refractivity contribution >= 4 is 5.97 Å². The van der Waals surface area contributed by atoms with Crippen LogP contribution in [0.2, 0.25) is 0 Å². The van der Waals surface area contributed by atoms with Gasteiger partial charge in [0.2, 0.25) is 0 Å². The van der Waals surface area contributed by atoms with Crippen LogP contribution in [0.5, 0.6) is 0 Å². The maximum atomic E-state index is 11.0. The fraction of sp³-hybridized carbons (Fsp3) is 0.286. The SMILES string of the molecule is COCCn1nc(C(=O)O)cc1-c1ccc(C)cc1. The van der Waals surface area contributed by atoms with Crippen LogP contribution in [0.15, 0.2) is 30.3 Å². The third kappa shape index (κ3) is 3.00. The van der Waals surface area contributed by atoms with Crippen LogP contribution in [-0.4, -0.2) is 34.6 Å². The third-order valence-electron chi connectivity index (χ3n) is 2.85. The van der Waals surface area contributed by atoms with Gasteiger partial charge in [0, 0.05) is 7.11 Å². The van der Waals surface area contributed by atoms with Crippen molar-refractivity contribution in [1.29, 1.82) is 0 Å². The average molecular weight is 260 g/mol. The minimum absolute atomic E-state index is 0.0479. The average Bonchev–Trinajstić information content (AvgIpc) is 2.81. The predicted molar refractivity (Wildman–Crippen MR) is 71.2 cm³/mol. The highest BCUT2D eigenvalue weighted by Crippen LogP contribution is 2.21. The van der Waals surface area contributed by atoms with E-state index in [4.69, 9.17) is 9.84 Å². The van der Waals surface area contributed by atoms with Crippen molar-refractivity contribution in [2.45, 2.75) is 13.5 Å². The normalized spacial score (nSPS) is 10.6. The number of aromatic carboxylic acids is 1. The number of rotatable bonds is 5. The first-order valence-electron chi connectivity index (χ1n) is 5.99. The highest BCUT2D eigenvalue weighted by molar-refractivity contribution is 5.87. The second kappa shape index (κ2) is 5.67. The monoisotopic (exact) mass is 260 g/mol. The number of ether oxygens (including phenoxy) is 1. The maximum absolute atomic E-state index is 11.0. The molecule has 0 amide bonds. The number of hydrogen-bond acceptors (Lipinski definition) is 3. The van der Waals surface area contributed by atoms with Gasteiger partial charge in [0.1, 0.15) is 0 Å². The second-order valence-corrected chi connectivity index (χ2v) is 4.30. The van der Waals surface area contributed by atoms with E-state index in [1.54, 1.807) is 17.9 Å². The van der Waals surface area contributed by atoms with Crippen molar-refractivity contribution < 1.29 is 14.6 Å². The highest BCUT2D eigenvalue weighted by Gasteiger charge is 2.14. The lowest BCUT2D eigenvalue weighted by molar-refractivity contribution is 0.0689. The molecule has 0 fully saturated rings. The topological polar surface area (TPSA) is 64.4 Å². The van der Waals surface area contributed by atoms with E-state index in [0.29, 0.717) is 13.2 Å². The minimum atomic E-state index is -1.02. The Morgan fingerprint density at radius 3 is 2.63 bits per heavy atom. The van der Waals surface area contributed by atoms with Crippen molar-refractivity contribution in [1.82, 2.24) is 9.78 Å². The largest absolute Gasteiger partial charge is 0.476 e. The summed E-state index contributed by atoms with van der Waals surface area (Å²) < 4.78 is 6.68. The van der Waals surface area contributed by atoms with E-state index in [9.17, 15) is 4.79 Å². The Labute approximate surface area is 111 Å². The quantitative estimate of drug-likeness (QED) is 0.895. The van der Waals surface area contributed by atoms with Gasteiger partial charge >= 0.3 is 5.97 Å². The summed E-state index contributed by atoms with van der Waals surface area (Å²) in [4.78, 5) is 11.0. The van der Waals surface area contributed by atoms with Crippen molar-refractivity contribution in [3.63, 3.8) is 0 Å². The van der Waals surface area contributed by atoms with Crippen LogP contribution in [-0.2, 0) is 11.3 Å². The lowest BCUT2D eigenvalue weighted by Gasteiger charge is -2.07. The molecule has 1 aromatic heterocycles. The Morgan fingerprint density at radius 2 is 2.05 bits per heavy atom. The number of carboxylic acids is 1. The van der Waals surface area contributed by atoms with Gasteiger partial charge in [0.25, 0.3) is 0 Å². The zero-order chi connectivity index (χ0) is 13.8. The Bertz CT molecular complexity index is 573. The molecule has 2 rings (SSSR count). The molecule has 5 nitrogen and oxygen atoms in total. The fourth-order valence-electron chi connectivity index (χ4n) is 1.83. The molecule has 0 saturated carbocycles. The summed E-state index contributed by atoms with van der Waals surface area (Å²) in [7, 11) is 1.60. The van der Waals surface area contributed by atoms with Gasteiger partial charge in [-0.05, 0) is 18.6 Å². The van der Waals surface area contributed by atoms with E-state index in [1.165, 1.54) is 0 Å². The fourth-order valence-corrected chi connectivity index (χ4v) is 1.83. The molecule has 0 atom stereocenters. The first-order chi connectivity index (χ1) is 9.11. The number of benzene rings is 1. The minimum Gasteiger partial charge on any atom is -0.476 e. The number of aromatic nitrogens is 2. The molecule has 0 spiro atoms. The van der Waals surface area contributed by atoms with Crippen LogP contribution in [0.1, 0.15) is 16.1 Å². The smallest absolute Gasteiger partial charge is 0.356 e. The molecule has 0 bridgehead atoms. The van der Waals surface area contributed by atoms with Gasteiger partial charge in [-0.25, -0.2) is 4.79 Å². The van der Waals surface area contributed by atoms with Crippen molar-refractivity contribution in [2.24, 2.45) is 0 Å². The summed E-state index contributed by atoms with van der Waals surface area (Å²) >= 11 is 0. The second-order valence-electron chi connectivity index (χ2n) is 4.30. The van der Waals surface area contributed by atoms with E-state index in [1.807, 2.05) is 31.2 Å². The molecule has 0 unspecified atom stereocenters. The first kappa shape index (κ1) is 13.3. The van der Waals surface area contributed by atoms with Crippen molar-refractivity contribution in [2.75, 3.05) is 13.7 Å². The molecular formula is C14H16N2O3. The Kier molecular flexibility index (Phi) is 3.97. The van der Waals surface area contributed by atoms with Crippen LogP contribution < -0.4 is 0 Å².